The number of hydrogen-bond acceptors (Lipinski definition) is 5. The highest BCUT2D eigenvalue weighted by atomic mass is 16.5. The van der Waals surface area contributed by atoms with Crippen LogP contribution in [0.5, 0.6) is 0 Å². The van der Waals surface area contributed by atoms with E-state index in [4.69, 9.17) is 10.5 Å². The first-order chi connectivity index (χ1) is 25.4. The summed E-state index contributed by atoms with van der Waals surface area (Å²) in [5.41, 5.74) is 5.48. The number of esters is 1. The maximum absolute atomic E-state index is 12.8. The number of carboxylic acids is 1. The molecule has 0 radical (unpaired) electrons. The molecule has 2 atom stereocenters. The second-order valence-corrected chi connectivity index (χ2v) is 15.1. The van der Waals surface area contributed by atoms with Gasteiger partial charge >= 0.3 is 11.9 Å². The normalized spacial score (nSPS) is 12.8. The van der Waals surface area contributed by atoms with Crippen LogP contribution in [-0.2, 0) is 19.1 Å². The molecule has 0 fully saturated rings. The zero-order valence-electron chi connectivity index (χ0n) is 34.2. The minimum Gasteiger partial charge on any atom is -0.480 e. The molecule has 0 heterocycles. The van der Waals surface area contributed by atoms with Crippen molar-refractivity contribution in [3.8, 4) is 0 Å². The molecule has 0 aliphatic carbocycles. The number of hydrogen-bond donors (Lipinski definition) is 3. The molecule has 0 aromatic rings. The van der Waals surface area contributed by atoms with Crippen LogP contribution >= 0.6 is 0 Å². The quantitative estimate of drug-likeness (QED) is 0.0328. The number of carbonyl (C=O) groups is 3. The predicted octanol–water partition coefficient (Wildman–Crippen LogP) is 12.5. The van der Waals surface area contributed by atoms with Crippen LogP contribution in [0.1, 0.15) is 226 Å². The summed E-state index contributed by atoms with van der Waals surface area (Å²) in [4.78, 5) is 36.3. The Morgan fingerprint density at radius 1 is 0.558 bits per heavy atom. The first kappa shape index (κ1) is 49.9. The van der Waals surface area contributed by atoms with Crippen LogP contribution in [0.4, 0.5) is 0 Å². The van der Waals surface area contributed by atoms with Crippen LogP contribution in [0, 0.1) is 0 Å². The van der Waals surface area contributed by atoms with Crippen molar-refractivity contribution in [3.63, 3.8) is 0 Å². The maximum atomic E-state index is 12.8. The minimum absolute atomic E-state index is 0.0143. The number of carboxylic acid groups (broad SMARTS) is 1. The van der Waals surface area contributed by atoms with Crippen LogP contribution in [-0.4, -0.2) is 41.6 Å². The van der Waals surface area contributed by atoms with E-state index in [1.807, 2.05) is 0 Å². The zero-order valence-corrected chi connectivity index (χ0v) is 34.2. The van der Waals surface area contributed by atoms with Crippen molar-refractivity contribution >= 4 is 17.8 Å². The van der Waals surface area contributed by atoms with Crippen molar-refractivity contribution in [1.82, 2.24) is 5.32 Å². The van der Waals surface area contributed by atoms with Gasteiger partial charge in [0.05, 0.1) is 0 Å². The molecule has 0 saturated heterocycles. The van der Waals surface area contributed by atoms with Gasteiger partial charge in [0, 0.05) is 12.8 Å². The molecule has 4 N–H and O–H groups in total. The Kier molecular flexibility index (Phi) is 38.4. The molecule has 1 amide bonds. The first-order valence-electron chi connectivity index (χ1n) is 22.2. The fraction of sp³-hybridized carbons (Fsp3) is 0.844. The number of rotatable bonds is 40. The highest BCUT2D eigenvalue weighted by Gasteiger charge is 2.19. The van der Waals surface area contributed by atoms with E-state index >= 15 is 0 Å². The highest BCUT2D eigenvalue weighted by molar-refractivity contribution is 5.83. The number of carbonyl (C=O) groups excluding carboxylic acids is 2. The van der Waals surface area contributed by atoms with Gasteiger partial charge in [0.1, 0.15) is 12.1 Å². The van der Waals surface area contributed by atoms with Crippen molar-refractivity contribution in [2.75, 3.05) is 6.54 Å². The molecule has 2 unspecified atom stereocenters. The molecule has 0 rings (SSSR count). The number of unbranched alkanes of at least 4 members (excludes halogenated alkanes) is 22. The molecule has 0 bridgehead atoms. The lowest BCUT2D eigenvalue weighted by Gasteiger charge is -2.18. The van der Waals surface area contributed by atoms with Crippen LogP contribution < -0.4 is 11.1 Å². The zero-order chi connectivity index (χ0) is 38.2. The molecule has 0 aromatic heterocycles. The number of nitrogens with one attached hydrogen (secondary N) is 1. The van der Waals surface area contributed by atoms with Crippen molar-refractivity contribution in [3.05, 3.63) is 24.3 Å². The minimum atomic E-state index is -1.00. The van der Waals surface area contributed by atoms with E-state index < -0.39 is 12.0 Å². The number of nitrogens with two attached hydrogens (primary N) is 1. The van der Waals surface area contributed by atoms with E-state index in [9.17, 15) is 19.5 Å². The molecular formula is C45H84N2O5. The van der Waals surface area contributed by atoms with Crippen LogP contribution in [0.15, 0.2) is 24.3 Å². The van der Waals surface area contributed by atoms with Gasteiger partial charge in [0.15, 0.2) is 0 Å². The van der Waals surface area contributed by atoms with E-state index in [-0.39, 0.29) is 18.0 Å². The van der Waals surface area contributed by atoms with Gasteiger partial charge in [-0.25, -0.2) is 4.79 Å². The second kappa shape index (κ2) is 40.0. The average molecular weight is 733 g/mol. The molecule has 7 nitrogen and oxygen atoms in total. The van der Waals surface area contributed by atoms with Gasteiger partial charge in [0.2, 0.25) is 5.91 Å². The summed E-state index contributed by atoms with van der Waals surface area (Å²) in [6.45, 7) is 4.92. The SMILES string of the molecule is CCCCCC/C=C\C/C=C\CCCCCCCCCC(=O)OC(CCCCCCCCCC)CCCCCCCC(=O)NC(CCCN)C(=O)O. The third-order valence-electron chi connectivity index (χ3n) is 10.0. The lowest BCUT2D eigenvalue weighted by Crippen LogP contribution is -2.40. The molecule has 0 saturated carbocycles. The maximum Gasteiger partial charge on any atom is 0.326 e. The summed E-state index contributed by atoms with van der Waals surface area (Å²) < 4.78 is 6.03. The standard InChI is InChI=1S/C45H84N2O5/c1-3-5-7-9-11-13-14-15-16-17-18-19-20-21-22-24-29-33-39-44(49)52-41(35-30-26-23-12-10-8-6-4-2)36-31-27-25-28-32-38-43(48)47-42(45(50)51)37-34-40-46/h13-14,16-17,41-42H,3-12,15,18-40,46H2,1-2H3,(H,47,48)(H,50,51)/b14-13-,17-16-. The molecule has 304 valence electrons. The van der Waals surface area contributed by atoms with Gasteiger partial charge in [-0.15, -0.1) is 0 Å². The van der Waals surface area contributed by atoms with Gasteiger partial charge in [-0.3, -0.25) is 9.59 Å². The summed E-state index contributed by atoms with van der Waals surface area (Å²) in [5, 5.41) is 11.9. The van der Waals surface area contributed by atoms with Gasteiger partial charge in [0.25, 0.3) is 0 Å². The summed E-state index contributed by atoms with van der Waals surface area (Å²) in [7, 11) is 0. The lowest BCUT2D eigenvalue weighted by molar-refractivity contribution is -0.150. The van der Waals surface area contributed by atoms with E-state index in [0.29, 0.717) is 32.2 Å². The van der Waals surface area contributed by atoms with Crippen molar-refractivity contribution in [2.24, 2.45) is 5.73 Å². The average Bonchev–Trinajstić information content (AvgIpc) is 3.13. The summed E-state index contributed by atoms with van der Waals surface area (Å²) in [5.74, 6) is -1.23. The molecule has 0 aliphatic heterocycles. The number of allylic oxidation sites excluding steroid dienone is 4. The van der Waals surface area contributed by atoms with Crippen LogP contribution in [0.2, 0.25) is 0 Å². The monoisotopic (exact) mass is 733 g/mol. The van der Waals surface area contributed by atoms with Crippen molar-refractivity contribution in [1.29, 1.82) is 0 Å². The van der Waals surface area contributed by atoms with Gasteiger partial charge in [-0.2, -0.15) is 0 Å². The molecule has 0 aliphatic rings. The predicted molar refractivity (Wildman–Crippen MR) is 220 cm³/mol. The van der Waals surface area contributed by atoms with Crippen LogP contribution in [0.25, 0.3) is 0 Å². The Morgan fingerprint density at radius 3 is 1.50 bits per heavy atom. The summed E-state index contributed by atoms with van der Waals surface area (Å²) in [6.07, 6.45) is 45.1. The third-order valence-corrected chi connectivity index (χ3v) is 10.0. The third kappa shape index (κ3) is 36.2. The number of aliphatic carboxylic acids is 1. The van der Waals surface area contributed by atoms with E-state index in [0.717, 1.165) is 70.6 Å². The Hall–Kier alpha value is -2.15. The van der Waals surface area contributed by atoms with Crippen molar-refractivity contribution in [2.45, 2.75) is 238 Å². The Bertz CT molecular complexity index is 874. The summed E-state index contributed by atoms with van der Waals surface area (Å²) >= 11 is 0. The highest BCUT2D eigenvalue weighted by Crippen LogP contribution is 2.19. The molecular weight excluding hydrogens is 649 g/mol. The Balaban J connectivity index is 4.18. The van der Waals surface area contributed by atoms with E-state index in [2.05, 4.69) is 43.5 Å². The Labute approximate surface area is 321 Å². The molecule has 0 aromatic carbocycles. The summed E-state index contributed by atoms with van der Waals surface area (Å²) in [6, 6.07) is -0.855. The lowest BCUT2D eigenvalue weighted by atomic mass is 10.0. The largest absolute Gasteiger partial charge is 0.480 e. The first-order valence-corrected chi connectivity index (χ1v) is 22.2. The Morgan fingerprint density at radius 2 is 1.00 bits per heavy atom. The van der Waals surface area contributed by atoms with Gasteiger partial charge in [-0.05, 0) is 90.0 Å². The van der Waals surface area contributed by atoms with Gasteiger partial charge < -0.3 is 20.9 Å². The van der Waals surface area contributed by atoms with E-state index in [1.54, 1.807) is 0 Å². The van der Waals surface area contributed by atoms with Crippen molar-refractivity contribution < 1.29 is 24.2 Å². The fourth-order valence-corrected chi connectivity index (χ4v) is 6.66. The smallest absolute Gasteiger partial charge is 0.326 e. The molecule has 52 heavy (non-hydrogen) atoms. The molecule has 0 spiro atoms. The topological polar surface area (TPSA) is 119 Å². The second-order valence-electron chi connectivity index (χ2n) is 15.1. The number of ether oxygens (including phenoxy) is 1. The van der Waals surface area contributed by atoms with Gasteiger partial charge in [-0.1, -0.05) is 154 Å². The molecule has 7 heteroatoms. The fourth-order valence-electron chi connectivity index (χ4n) is 6.66. The number of amides is 1. The van der Waals surface area contributed by atoms with E-state index in [1.165, 1.54) is 116 Å². The van der Waals surface area contributed by atoms with Crippen LogP contribution in [0.3, 0.4) is 0 Å².